The third-order valence-corrected chi connectivity index (χ3v) is 6.11. The minimum absolute atomic E-state index is 0.0125. The van der Waals surface area contributed by atoms with E-state index in [1.807, 2.05) is 0 Å². The highest BCUT2D eigenvalue weighted by atomic mass is 32.2. The van der Waals surface area contributed by atoms with Crippen LogP contribution in [0.4, 0.5) is 0 Å². The van der Waals surface area contributed by atoms with Crippen LogP contribution >= 0.6 is 0 Å². The van der Waals surface area contributed by atoms with E-state index in [0.29, 0.717) is 31.4 Å². The maximum Gasteiger partial charge on any atom is 0.266 e. The van der Waals surface area contributed by atoms with Crippen LogP contribution in [0.15, 0.2) is 32.5 Å². The number of aryl methyl sites for hydroxylation is 2. The second-order valence-electron chi connectivity index (χ2n) is 6.09. The molecule has 0 aromatic carbocycles. The molecular formula is C15H20N4O4S. The molecule has 24 heavy (non-hydrogen) atoms. The van der Waals surface area contributed by atoms with Crippen LogP contribution in [0.5, 0.6) is 0 Å². The summed E-state index contributed by atoms with van der Waals surface area (Å²) in [7, 11) is -3.66. The minimum Gasteiger partial charge on any atom is -0.360 e. The average molecular weight is 352 g/mol. The summed E-state index contributed by atoms with van der Waals surface area (Å²) in [5.74, 6) is 0.286. The summed E-state index contributed by atoms with van der Waals surface area (Å²) in [5, 5.41) is 7.81. The average Bonchev–Trinajstić information content (AvgIpc) is 2.88. The standard InChI is InChI=1S/C15H20N4O4S/c1-10-15(11(2)23-17-10)24(21,22)18-12-5-7-13(8-6-12)19-14(20)4-3-9-16-19/h3-4,9,12-13,18H,5-8H2,1-2H3. The molecule has 0 amide bonds. The molecule has 3 rings (SSSR count). The van der Waals surface area contributed by atoms with E-state index in [-0.39, 0.29) is 28.3 Å². The Kier molecular flexibility index (Phi) is 4.55. The Morgan fingerprint density at radius 3 is 2.54 bits per heavy atom. The van der Waals surface area contributed by atoms with E-state index < -0.39 is 10.0 Å². The molecular weight excluding hydrogens is 332 g/mol. The number of sulfonamides is 1. The maximum absolute atomic E-state index is 12.5. The van der Waals surface area contributed by atoms with E-state index in [1.165, 1.54) is 10.7 Å². The van der Waals surface area contributed by atoms with Gasteiger partial charge in [0.15, 0.2) is 5.76 Å². The van der Waals surface area contributed by atoms with Crippen LogP contribution < -0.4 is 10.3 Å². The molecule has 1 fully saturated rings. The minimum atomic E-state index is -3.66. The van der Waals surface area contributed by atoms with Gasteiger partial charge < -0.3 is 4.52 Å². The topological polar surface area (TPSA) is 107 Å². The zero-order valence-corrected chi connectivity index (χ0v) is 14.4. The lowest BCUT2D eigenvalue weighted by molar-refractivity contribution is 0.285. The molecule has 0 saturated heterocycles. The first-order valence-electron chi connectivity index (χ1n) is 7.87. The van der Waals surface area contributed by atoms with Crippen molar-refractivity contribution in [3.63, 3.8) is 0 Å². The predicted molar refractivity (Wildman–Crippen MR) is 86.1 cm³/mol. The van der Waals surface area contributed by atoms with Crippen molar-refractivity contribution in [3.8, 4) is 0 Å². The molecule has 0 unspecified atom stereocenters. The lowest BCUT2D eigenvalue weighted by Crippen LogP contribution is -2.39. The Balaban J connectivity index is 1.68. The van der Waals surface area contributed by atoms with Crippen molar-refractivity contribution in [2.75, 3.05) is 0 Å². The zero-order chi connectivity index (χ0) is 17.3. The summed E-state index contributed by atoms with van der Waals surface area (Å²) in [4.78, 5) is 11.9. The van der Waals surface area contributed by atoms with Crippen molar-refractivity contribution in [1.29, 1.82) is 0 Å². The molecule has 130 valence electrons. The molecule has 2 heterocycles. The smallest absolute Gasteiger partial charge is 0.266 e. The lowest BCUT2D eigenvalue weighted by atomic mass is 9.92. The first-order chi connectivity index (χ1) is 11.4. The summed E-state index contributed by atoms with van der Waals surface area (Å²) in [6, 6.07) is 2.94. The van der Waals surface area contributed by atoms with Crippen molar-refractivity contribution in [3.05, 3.63) is 40.1 Å². The third kappa shape index (κ3) is 3.27. The third-order valence-electron chi connectivity index (χ3n) is 4.34. The quantitative estimate of drug-likeness (QED) is 0.889. The molecule has 1 aliphatic carbocycles. The van der Waals surface area contributed by atoms with E-state index in [9.17, 15) is 13.2 Å². The highest BCUT2D eigenvalue weighted by Gasteiger charge is 2.30. The molecule has 0 aliphatic heterocycles. The van der Waals surface area contributed by atoms with Gasteiger partial charge in [0.25, 0.3) is 5.56 Å². The fourth-order valence-corrected chi connectivity index (χ4v) is 4.85. The van der Waals surface area contributed by atoms with Gasteiger partial charge in [0.05, 0.1) is 6.04 Å². The molecule has 1 N–H and O–H groups in total. The van der Waals surface area contributed by atoms with E-state index in [2.05, 4.69) is 15.0 Å². The highest BCUT2D eigenvalue weighted by Crippen LogP contribution is 2.28. The summed E-state index contributed by atoms with van der Waals surface area (Å²) in [6.07, 6.45) is 4.29. The largest absolute Gasteiger partial charge is 0.360 e. The Bertz CT molecular complexity index is 859. The van der Waals surface area contributed by atoms with Gasteiger partial charge in [-0.3, -0.25) is 4.79 Å². The van der Waals surface area contributed by atoms with Gasteiger partial charge in [0, 0.05) is 18.3 Å². The zero-order valence-electron chi connectivity index (χ0n) is 13.6. The van der Waals surface area contributed by atoms with Crippen LogP contribution in [0.25, 0.3) is 0 Å². The van der Waals surface area contributed by atoms with Crippen LogP contribution in [0.3, 0.4) is 0 Å². The number of nitrogens with one attached hydrogen (secondary N) is 1. The summed E-state index contributed by atoms with van der Waals surface area (Å²) < 4.78 is 34.2. The summed E-state index contributed by atoms with van der Waals surface area (Å²) in [6.45, 7) is 3.19. The van der Waals surface area contributed by atoms with Crippen LogP contribution in [-0.2, 0) is 10.0 Å². The van der Waals surface area contributed by atoms with Gasteiger partial charge in [-0.25, -0.2) is 17.8 Å². The van der Waals surface area contributed by atoms with Crippen molar-refractivity contribution >= 4 is 10.0 Å². The van der Waals surface area contributed by atoms with E-state index in [1.54, 1.807) is 26.1 Å². The van der Waals surface area contributed by atoms with Gasteiger partial charge in [-0.2, -0.15) is 5.10 Å². The maximum atomic E-state index is 12.5. The fraction of sp³-hybridized carbons (Fsp3) is 0.533. The van der Waals surface area contributed by atoms with Gasteiger partial charge in [-0.1, -0.05) is 5.16 Å². The SMILES string of the molecule is Cc1noc(C)c1S(=O)(=O)NC1CCC(n2ncccc2=O)CC1. The Morgan fingerprint density at radius 2 is 1.96 bits per heavy atom. The van der Waals surface area contributed by atoms with E-state index >= 15 is 0 Å². The summed E-state index contributed by atoms with van der Waals surface area (Å²) in [5.41, 5.74) is 0.228. The summed E-state index contributed by atoms with van der Waals surface area (Å²) >= 11 is 0. The Morgan fingerprint density at radius 1 is 1.25 bits per heavy atom. The monoisotopic (exact) mass is 352 g/mol. The molecule has 0 radical (unpaired) electrons. The molecule has 8 nitrogen and oxygen atoms in total. The van der Waals surface area contributed by atoms with Crippen LogP contribution in [0, 0.1) is 13.8 Å². The molecule has 1 saturated carbocycles. The van der Waals surface area contributed by atoms with Gasteiger partial charge in [-0.05, 0) is 45.6 Å². The predicted octanol–water partition coefficient (Wildman–Crippen LogP) is 1.31. The van der Waals surface area contributed by atoms with Gasteiger partial charge in [0.1, 0.15) is 10.6 Å². The highest BCUT2D eigenvalue weighted by molar-refractivity contribution is 7.89. The lowest BCUT2D eigenvalue weighted by Gasteiger charge is -2.29. The molecule has 9 heteroatoms. The molecule has 2 aromatic heterocycles. The molecule has 0 atom stereocenters. The molecule has 0 bridgehead atoms. The van der Waals surface area contributed by atoms with Gasteiger partial charge in [0.2, 0.25) is 10.0 Å². The molecule has 0 spiro atoms. The Labute approximate surface area is 139 Å². The van der Waals surface area contributed by atoms with Crippen molar-refractivity contribution in [2.45, 2.75) is 56.5 Å². The number of aromatic nitrogens is 3. The van der Waals surface area contributed by atoms with E-state index in [4.69, 9.17) is 4.52 Å². The van der Waals surface area contributed by atoms with Crippen molar-refractivity contribution < 1.29 is 12.9 Å². The van der Waals surface area contributed by atoms with Gasteiger partial charge in [-0.15, -0.1) is 0 Å². The normalized spacial score (nSPS) is 21.8. The number of hydrogen-bond acceptors (Lipinski definition) is 6. The molecule has 1 aliphatic rings. The van der Waals surface area contributed by atoms with Crippen LogP contribution in [0.2, 0.25) is 0 Å². The fourth-order valence-electron chi connectivity index (χ4n) is 3.22. The number of nitrogens with zero attached hydrogens (tertiary/aromatic N) is 3. The van der Waals surface area contributed by atoms with Crippen LogP contribution in [-0.4, -0.2) is 29.4 Å². The number of rotatable bonds is 4. The van der Waals surface area contributed by atoms with Crippen molar-refractivity contribution in [1.82, 2.24) is 19.7 Å². The Hall–Kier alpha value is -2.00. The van der Waals surface area contributed by atoms with Crippen molar-refractivity contribution in [2.24, 2.45) is 0 Å². The first-order valence-corrected chi connectivity index (χ1v) is 9.36. The van der Waals surface area contributed by atoms with E-state index in [0.717, 1.165) is 0 Å². The number of hydrogen-bond donors (Lipinski definition) is 1. The van der Waals surface area contributed by atoms with Gasteiger partial charge >= 0.3 is 0 Å². The second kappa shape index (κ2) is 6.48. The second-order valence-corrected chi connectivity index (χ2v) is 7.74. The van der Waals surface area contributed by atoms with Crippen LogP contribution in [0.1, 0.15) is 43.2 Å². The first kappa shape index (κ1) is 16.8. The molecule has 2 aromatic rings.